The van der Waals surface area contributed by atoms with Crippen molar-refractivity contribution in [2.45, 2.75) is 45.7 Å². The monoisotopic (exact) mass is 309 g/mol. The fourth-order valence-corrected chi connectivity index (χ4v) is 2.79. The van der Waals surface area contributed by atoms with Gasteiger partial charge in [-0.3, -0.25) is 9.59 Å². The van der Waals surface area contributed by atoms with E-state index in [1.54, 1.807) is 13.8 Å². The van der Waals surface area contributed by atoms with Crippen molar-refractivity contribution in [1.82, 2.24) is 5.32 Å². The highest BCUT2D eigenvalue weighted by molar-refractivity contribution is 5.80. The number of carboxylic acid groups (broad SMARTS) is 1. The van der Waals surface area contributed by atoms with Crippen molar-refractivity contribution in [2.24, 2.45) is 23.7 Å². The molecule has 0 aromatic rings. The molecule has 0 saturated heterocycles. The van der Waals surface area contributed by atoms with Crippen LogP contribution >= 0.6 is 0 Å². The molecule has 1 fully saturated rings. The van der Waals surface area contributed by atoms with E-state index < -0.39 is 35.8 Å². The van der Waals surface area contributed by atoms with E-state index in [1.807, 2.05) is 0 Å². The summed E-state index contributed by atoms with van der Waals surface area (Å²) in [5.41, 5.74) is 0. The van der Waals surface area contributed by atoms with Crippen molar-refractivity contribution in [3.8, 4) is 0 Å². The Balaban J connectivity index is 2.66. The van der Waals surface area contributed by atoms with E-state index in [1.165, 1.54) is 0 Å². The van der Waals surface area contributed by atoms with Crippen molar-refractivity contribution < 1.29 is 27.9 Å². The lowest BCUT2D eigenvalue weighted by molar-refractivity contribution is -0.198. The van der Waals surface area contributed by atoms with Crippen LogP contribution in [0.15, 0.2) is 0 Å². The average Bonchev–Trinajstić information content (AvgIpc) is 2.36. The SMILES string of the molecule is CC(C)C(CNC(=O)C1CCCCC1C(F)(F)F)C(=O)O. The first-order valence-electron chi connectivity index (χ1n) is 7.21. The maximum absolute atomic E-state index is 12.9. The highest BCUT2D eigenvalue weighted by Crippen LogP contribution is 2.41. The Hall–Kier alpha value is -1.27. The van der Waals surface area contributed by atoms with Gasteiger partial charge in [0.2, 0.25) is 5.91 Å². The maximum Gasteiger partial charge on any atom is 0.392 e. The van der Waals surface area contributed by atoms with Crippen LogP contribution in [0.2, 0.25) is 0 Å². The molecule has 1 rings (SSSR count). The molecule has 122 valence electrons. The highest BCUT2D eigenvalue weighted by Gasteiger charge is 2.48. The van der Waals surface area contributed by atoms with Gasteiger partial charge in [-0.15, -0.1) is 0 Å². The molecule has 1 aliphatic carbocycles. The highest BCUT2D eigenvalue weighted by atomic mass is 19.4. The minimum absolute atomic E-state index is 0.0336. The number of rotatable bonds is 5. The van der Waals surface area contributed by atoms with E-state index in [2.05, 4.69) is 5.32 Å². The molecule has 0 aromatic carbocycles. The first kappa shape index (κ1) is 17.8. The second-order valence-electron chi connectivity index (χ2n) is 5.97. The minimum Gasteiger partial charge on any atom is -0.481 e. The predicted octanol–water partition coefficient (Wildman–Crippen LogP) is 2.83. The van der Waals surface area contributed by atoms with Crippen LogP contribution in [-0.2, 0) is 9.59 Å². The summed E-state index contributed by atoms with van der Waals surface area (Å²) < 4.78 is 38.8. The molecule has 4 nitrogen and oxygen atoms in total. The quantitative estimate of drug-likeness (QED) is 0.820. The Labute approximate surface area is 122 Å². The van der Waals surface area contributed by atoms with Crippen molar-refractivity contribution in [1.29, 1.82) is 0 Å². The summed E-state index contributed by atoms with van der Waals surface area (Å²) in [4.78, 5) is 23.0. The topological polar surface area (TPSA) is 66.4 Å². The number of carbonyl (C=O) groups is 2. The van der Waals surface area contributed by atoms with Gasteiger partial charge in [0.15, 0.2) is 0 Å². The first-order chi connectivity index (χ1) is 9.64. The molecule has 0 spiro atoms. The van der Waals surface area contributed by atoms with E-state index in [0.717, 1.165) is 0 Å². The second kappa shape index (κ2) is 7.13. The fraction of sp³-hybridized carbons (Fsp3) is 0.857. The summed E-state index contributed by atoms with van der Waals surface area (Å²) in [6.07, 6.45) is -3.15. The van der Waals surface area contributed by atoms with Crippen LogP contribution in [0.3, 0.4) is 0 Å². The fourth-order valence-electron chi connectivity index (χ4n) is 2.79. The lowest BCUT2D eigenvalue weighted by Gasteiger charge is -2.32. The number of hydrogen-bond acceptors (Lipinski definition) is 2. The van der Waals surface area contributed by atoms with Gasteiger partial charge < -0.3 is 10.4 Å². The number of nitrogens with one attached hydrogen (secondary N) is 1. The predicted molar refractivity (Wildman–Crippen MR) is 70.5 cm³/mol. The zero-order valence-corrected chi connectivity index (χ0v) is 12.2. The van der Waals surface area contributed by atoms with E-state index in [0.29, 0.717) is 12.8 Å². The van der Waals surface area contributed by atoms with Gasteiger partial charge in [0.25, 0.3) is 0 Å². The van der Waals surface area contributed by atoms with Gasteiger partial charge in [-0.2, -0.15) is 13.2 Å². The Bertz CT molecular complexity index is 382. The van der Waals surface area contributed by atoms with Gasteiger partial charge >= 0.3 is 12.1 Å². The van der Waals surface area contributed by atoms with Gasteiger partial charge in [-0.1, -0.05) is 26.7 Å². The number of alkyl halides is 3. The van der Waals surface area contributed by atoms with Crippen molar-refractivity contribution in [3.63, 3.8) is 0 Å². The molecule has 0 aliphatic heterocycles. The summed E-state index contributed by atoms with van der Waals surface area (Å²) >= 11 is 0. The molecule has 7 heteroatoms. The molecular weight excluding hydrogens is 287 g/mol. The molecule has 0 heterocycles. The number of amides is 1. The Kier molecular flexibility index (Phi) is 6.04. The normalized spacial score (nSPS) is 24.7. The Morgan fingerprint density at radius 1 is 1.24 bits per heavy atom. The molecule has 1 saturated carbocycles. The van der Waals surface area contributed by atoms with Crippen LogP contribution in [0.5, 0.6) is 0 Å². The second-order valence-corrected chi connectivity index (χ2v) is 5.97. The third-order valence-corrected chi connectivity index (χ3v) is 4.14. The molecule has 0 bridgehead atoms. The largest absolute Gasteiger partial charge is 0.481 e. The standard InChI is InChI=1S/C14H22F3NO3/c1-8(2)10(13(20)21)7-18-12(19)9-5-3-4-6-11(9)14(15,16)17/h8-11H,3-7H2,1-2H3,(H,18,19)(H,20,21). The van der Waals surface area contributed by atoms with Crippen LogP contribution < -0.4 is 5.32 Å². The smallest absolute Gasteiger partial charge is 0.392 e. The van der Waals surface area contributed by atoms with Crippen LogP contribution in [0.25, 0.3) is 0 Å². The molecule has 0 aromatic heterocycles. The third kappa shape index (κ3) is 4.89. The molecule has 1 aliphatic rings. The summed E-state index contributed by atoms with van der Waals surface area (Å²) in [5.74, 6) is -5.44. The Morgan fingerprint density at radius 2 is 1.81 bits per heavy atom. The van der Waals surface area contributed by atoms with Crippen molar-refractivity contribution >= 4 is 11.9 Å². The summed E-state index contributed by atoms with van der Waals surface area (Å²) in [6.45, 7) is 3.26. The minimum atomic E-state index is -4.38. The van der Waals surface area contributed by atoms with Crippen LogP contribution in [0, 0.1) is 23.7 Å². The van der Waals surface area contributed by atoms with E-state index in [4.69, 9.17) is 5.11 Å². The molecule has 2 N–H and O–H groups in total. The average molecular weight is 309 g/mol. The van der Waals surface area contributed by atoms with Crippen molar-refractivity contribution in [2.75, 3.05) is 6.54 Å². The maximum atomic E-state index is 12.9. The molecular formula is C14H22F3NO3. The van der Waals surface area contributed by atoms with E-state index in [9.17, 15) is 22.8 Å². The third-order valence-electron chi connectivity index (χ3n) is 4.14. The zero-order chi connectivity index (χ0) is 16.2. The van der Waals surface area contributed by atoms with Crippen LogP contribution in [0.4, 0.5) is 13.2 Å². The van der Waals surface area contributed by atoms with Crippen molar-refractivity contribution in [3.05, 3.63) is 0 Å². The van der Waals surface area contributed by atoms with Gasteiger partial charge in [0, 0.05) is 12.5 Å². The van der Waals surface area contributed by atoms with Gasteiger partial charge in [0.1, 0.15) is 0 Å². The molecule has 1 amide bonds. The number of hydrogen-bond donors (Lipinski definition) is 2. The van der Waals surface area contributed by atoms with Gasteiger partial charge in [-0.05, 0) is 18.8 Å². The zero-order valence-electron chi connectivity index (χ0n) is 12.2. The summed E-state index contributed by atoms with van der Waals surface area (Å²) in [7, 11) is 0. The molecule has 3 atom stereocenters. The number of aliphatic carboxylic acids is 1. The number of halogens is 3. The molecule has 21 heavy (non-hydrogen) atoms. The van der Waals surface area contributed by atoms with Crippen LogP contribution in [0.1, 0.15) is 39.5 Å². The van der Waals surface area contributed by atoms with E-state index >= 15 is 0 Å². The molecule has 3 unspecified atom stereocenters. The number of carboxylic acids is 1. The first-order valence-corrected chi connectivity index (χ1v) is 7.21. The lowest BCUT2D eigenvalue weighted by Crippen LogP contribution is -2.45. The Morgan fingerprint density at radius 3 is 2.29 bits per heavy atom. The number of carbonyl (C=O) groups excluding carboxylic acids is 1. The van der Waals surface area contributed by atoms with Gasteiger partial charge in [0.05, 0.1) is 11.8 Å². The summed E-state index contributed by atoms with van der Waals surface area (Å²) in [5, 5.41) is 11.4. The summed E-state index contributed by atoms with van der Waals surface area (Å²) in [6, 6.07) is 0. The van der Waals surface area contributed by atoms with E-state index in [-0.39, 0.29) is 25.3 Å². The lowest BCUT2D eigenvalue weighted by atomic mass is 9.78. The van der Waals surface area contributed by atoms with Gasteiger partial charge in [-0.25, -0.2) is 0 Å². The van der Waals surface area contributed by atoms with Crippen LogP contribution in [-0.4, -0.2) is 29.7 Å². The molecule has 0 radical (unpaired) electrons.